The molecule has 2 aromatic heterocycles. The summed E-state index contributed by atoms with van der Waals surface area (Å²) in [6.45, 7) is 13.2. The molecule has 2 heterocycles. The van der Waals surface area contributed by atoms with Crippen molar-refractivity contribution < 1.29 is 0 Å². The van der Waals surface area contributed by atoms with E-state index in [1.807, 2.05) is 32.3 Å². The first kappa shape index (κ1) is 20.9. The van der Waals surface area contributed by atoms with Gasteiger partial charge in [0.15, 0.2) is 0 Å². The highest BCUT2D eigenvalue weighted by atomic mass is 15.1. The lowest BCUT2D eigenvalue weighted by Crippen LogP contribution is -2.04. The minimum absolute atomic E-state index is 0.917. The van der Waals surface area contributed by atoms with Crippen LogP contribution in [0.1, 0.15) is 54.4 Å². The number of aromatic amines is 1. The Kier molecular flexibility index (Phi) is 7.78. The molecule has 144 valence electrons. The van der Waals surface area contributed by atoms with Crippen LogP contribution in [0.2, 0.25) is 0 Å². The first-order valence-electron chi connectivity index (χ1n) is 10.3. The zero-order valence-electron chi connectivity index (χ0n) is 17.6. The van der Waals surface area contributed by atoms with Crippen molar-refractivity contribution in [3.05, 3.63) is 48.8 Å². The van der Waals surface area contributed by atoms with Gasteiger partial charge in [0.05, 0.1) is 17.2 Å². The van der Waals surface area contributed by atoms with E-state index < -0.39 is 0 Å². The van der Waals surface area contributed by atoms with Crippen LogP contribution in [0.3, 0.4) is 0 Å². The first-order chi connectivity index (χ1) is 13.2. The van der Waals surface area contributed by atoms with Gasteiger partial charge in [-0.2, -0.15) is 5.10 Å². The summed E-state index contributed by atoms with van der Waals surface area (Å²) in [4.78, 5) is 4.46. The molecule has 0 saturated carbocycles. The van der Waals surface area contributed by atoms with Gasteiger partial charge in [0.1, 0.15) is 0 Å². The molecule has 0 aliphatic heterocycles. The summed E-state index contributed by atoms with van der Waals surface area (Å²) in [5.74, 6) is 1.83. The number of nitrogens with zero attached hydrogens (tertiary/aromatic N) is 2. The van der Waals surface area contributed by atoms with E-state index in [0.29, 0.717) is 0 Å². The number of aromatic nitrogens is 3. The predicted molar refractivity (Wildman–Crippen MR) is 119 cm³/mol. The first-order valence-corrected chi connectivity index (χ1v) is 10.3. The Morgan fingerprint density at radius 2 is 1.37 bits per heavy atom. The molecule has 2 atom stereocenters. The Balaban J connectivity index is 0.000000225. The van der Waals surface area contributed by atoms with Crippen LogP contribution in [0.5, 0.6) is 0 Å². The molecule has 27 heavy (non-hydrogen) atoms. The Morgan fingerprint density at radius 1 is 0.815 bits per heavy atom. The number of fused-ring (bicyclic) bond motifs is 6. The third-order valence-electron chi connectivity index (χ3n) is 5.45. The average Bonchev–Trinajstić information content (AvgIpc) is 3.25. The summed E-state index contributed by atoms with van der Waals surface area (Å²) in [6, 6.07) is 12.4. The van der Waals surface area contributed by atoms with E-state index in [1.165, 1.54) is 29.0 Å². The fourth-order valence-corrected chi connectivity index (χ4v) is 3.25. The monoisotopic (exact) mass is 363 g/mol. The van der Waals surface area contributed by atoms with Crippen molar-refractivity contribution in [2.75, 3.05) is 0 Å². The van der Waals surface area contributed by atoms with Gasteiger partial charge in [-0.15, -0.1) is 0 Å². The molecule has 0 fully saturated rings. The molecule has 0 saturated heterocycles. The van der Waals surface area contributed by atoms with Crippen molar-refractivity contribution in [2.24, 2.45) is 11.8 Å². The number of benzene rings is 2. The summed E-state index contributed by atoms with van der Waals surface area (Å²) >= 11 is 0. The van der Waals surface area contributed by atoms with Crippen LogP contribution >= 0.6 is 0 Å². The number of nitrogens with one attached hydrogen (secondary N) is 1. The Labute approximate surface area is 163 Å². The Hall–Kier alpha value is -2.42. The highest BCUT2D eigenvalue weighted by Gasteiger charge is 2.09. The van der Waals surface area contributed by atoms with E-state index in [4.69, 9.17) is 0 Å². The smallest absolute Gasteiger partial charge is 0.0965 e. The summed E-state index contributed by atoms with van der Waals surface area (Å²) in [7, 11) is 0. The molecule has 0 bridgehead atoms. The summed E-state index contributed by atoms with van der Waals surface area (Å²) in [6.07, 6.45) is 6.34. The fourth-order valence-electron chi connectivity index (χ4n) is 3.25. The number of rotatable bonds is 3. The van der Waals surface area contributed by atoms with Crippen LogP contribution < -0.4 is 0 Å². The quantitative estimate of drug-likeness (QED) is 0.386. The van der Waals surface area contributed by atoms with Crippen molar-refractivity contribution in [1.29, 1.82) is 0 Å². The molecule has 3 nitrogen and oxygen atoms in total. The molecular formula is C24H33N3. The van der Waals surface area contributed by atoms with Crippen molar-refractivity contribution in [3.8, 4) is 0 Å². The van der Waals surface area contributed by atoms with Gasteiger partial charge in [-0.3, -0.25) is 10.1 Å². The number of hydrogen-bond acceptors (Lipinski definition) is 2. The molecule has 3 heteroatoms. The van der Waals surface area contributed by atoms with Crippen LogP contribution in [-0.4, -0.2) is 15.2 Å². The van der Waals surface area contributed by atoms with E-state index in [0.717, 1.165) is 28.3 Å². The van der Waals surface area contributed by atoms with Crippen LogP contribution in [0.4, 0.5) is 0 Å². The topological polar surface area (TPSA) is 41.6 Å². The van der Waals surface area contributed by atoms with Crippen LogP contribution in [0.15, 0.2) is 48.8 Å². The molecule has 4 rings (SSSR count). The van der Waals surface area contributed by atoms with Crippen molar-refractivity contribution in [1.82, 2.24) is 15.2 Å². The SMILES string of the molecule is CC.CCC(C)C(C)CC.c1ccc2c(c1)c1cccnc1c1[nH]ncc21. The minimum atomic E-state index is 0.917. The Morgan fingerprint density at radius 3 is 1.96 bits per heavy atom. The average molecular weight is 364 g/mol. The molecule has 2 unspecified atom stereocenters. The maximum absolute atomic E-state index is 4.46. The summed E-state index contributed by atoms with van der Waals surface area (Å²) in [5, 5.41) is 11.9. The molecule has 0 spiro atoms. The molecule has 0 aliphatic rings. The van der Waals surface area contributed by atoms with E-state index in [2.05, 4.69) is 73.2 Å². The summed E-state index contributed by atoms with van der Waals surface area (Å²) in [5.41, 5.74) is 2.00. The lowest BCUT2D eigenvalue weighted by atomic mass is 9.92. The van der Waals surface area contributed by atoms with E-state index in [1.54, 1.807) is 0 Å². The van der Waals surface area contributed by atoms with E-state index in [-0.39, 0.29) is 0 Å². The summed E-state index contributed by atoms with van der Waals surface area (Å²) < 4.78 is 0. The normalized spacial score (nSPS) is 12.8. The maximum atomic E-state index is 4.46. The van der Waals surface area contributed by atoms with Crippen LogP contribution in [-0.2, 0) is 0 Å². The van der Waals surface area contributed by atoms with Gasteiger partial charge in [-0.25, -0.2) is 0 Å². The van der Waals surface area contributed by atoms with Crippen molar-refractivity contribution in [3.63, 3.8) is 0 Å². The van der Waals surface area contributed by atoms with Gasteiger partial charge >= 0.3 is 0 Å². The van der Waals surface area contributed by atoms with Gasteiger partial charge in [0, 0.05) is 17.0 Å². The highest BCUT2D eigenvalue weighted by Crippen LogP contribution is 2.31. The fraction of sp³-hybridized carbons (Fsp3) is 0.417. The molecule has 0 aliphatic carbocycles. The number of pyridine rings is 1. The molecule has 1 N–H and O–H groups in total. The lowest BCUT2D eigenvalue weighted by molar-refractivity contribution is 0.367. The standard InChI is InChI=1S/C14H9N3.C8H18.C2H6/c1-2-5-10-9(4-1)11-6-3-7-15-13(11)14-12(10)8-16-17-14;1-5-7(3)8(4)6-2;1-2/h1-8H,(H,16,17);7-8H,5-6H2,1-4H3;1-2H3. The van der Waals surface area contributed by atoms with Gasteiger partial charge < -0.3 is 0 Å². The third kappa shape index (κ3) is 4.47. The number of H-pyrrole nitrogens is 1. The predicted octanol–water partition coefficient (Wildman–Crippen LogP) is 7.37. The molecular weight excluding hydrogens is 330 g/mol. The second kappa shape index (κ2) is 10.1. The zero-order chi connectivity index (χ0) is 19.8. The van der Waals surface area contributed by atoms with Crippen LogP contribution in [0, 0.1) is 11.8 Å². The second-order valence-corrected chi connectivity index (χ2v) is 6.87. The van der Waals surface area contributed by atoms with Gasteiger partial charge in [0.25, 0.3) is 0 Å². The second-order valence-electron chi connectivity index (χ2n) is 6.87. The van der Waals surface area contributed by atoms with Crippen molar-refractivity contribution >= 4 is 32.6 Å². The molecule has 0 amide bonds. The molecule has 0 radical (unpaired) electrons. The third-order valence-corrected chi connectivity index (χ3v) is 5.45. The number of hydrogen-bond donors (Lipinski definition) is 1. The lowest BCUT2D eigenvalue weighted by Gasteiger charge is -2.14. The van der Waals surface area contributed by atoms with Crippen LogP contribution in [0.25, 0.3) is 32.6 Å². The van der Waals surface area contributed by atoms with Crippen molar-refractivity contribution in [2.45, 2.75) is 54.4 Å². The van der Waals surface area contributed by atoms with Gasteiger partial charge in [-0.1, -0.05) is 84.7 Å². The van der Waals surface area contributed by atoms with Gasteiger partial charge in [-0.05, 0) is 28.7 Å². The van der Waals surface area contributed by atoms with Gasteiger partial charge in [0.2, 0.25) is 0 Å². The highest BCUT2D eigenvalue weighted by molar-refractivity contribution is 6.22. The molecule has 2 aromatic carbocycles. The molecule has 4 aromatic rings. The Bertz CT molecular complexity index is 893. The largest absolute Gasteiger partial charge is 0.276 e. The van der Waals surface area contributed by atoms with E-state index >= 15 is 0 Å². The zero-order valence-corrected chi connectivity index (χ0v) is 17.6. The van der Waals surface area contributed by atoms with E-state index in [9.17, 15) is 0 Å². The minimum Gasteiger partial charge on any atom is -0.276 e. The maximum Gasteiger partial charge on any atom is 0.0965 e.